The molecule has 3 rings (SSSR count). The molecule has 6 nitrogen and oxygen atoms in total. The number of hydrogen-bond donors (Lipinski definition) is 2. The van der Waals surface area contributed by atoms with Gasteiger partial charge in [0.1, 0.15) is 23.7 Å². The zero-order valence-electron chi connectivity index (χ0n) is 12.6. The second kappa shape index (κ2) is 7.02. The Morgan fingerprint density at radius 2 is 2.00 bits per heavy atom. The summed E-state index contributed by atoms with van der Waals surface area (Å²) in [4.78, 5) is 25.5. The summed E-state index contributed by atoms with van der Waals surface area (Å²) < 4.78 is 5.56. The summed E-state index contributed by atoms with van der Waals surface area (Å²) in [5.74, 6) is 0.673. The molecule has 0 radical (unpaired) electrons. The first-order valence-electron chi connectivity index (χ1n) is 7.58. The lowest BCUT2D eigenvalue weighted by atomic mass is 10.1. The van der Waals surface area contributed by atoms with Gasteiger partial charge in [-0.05, 0) is 18.2 Å². The molecule has 0 atom stereocenters. The van der Waals surface area contributed by atoms with Gasteiger partial charge in [0.2, 0.25) is 0 Å². The molecule has 7 heteroatoms. The molecular formula is C16H18ClN3O3. The van der Waals surface area contributed by atoms with Gasteiger partial charge in [-0.15, -0.1) is 0 Å². The molecule has 0 amide bonds. The van der Waals surface area contributed by atoms with E-state index < -0.39 is 10.9 Å². The Balaban J connectivity index is 1.55. The topological polar surface area (TPSA) is 70.7 Å². The summed E-state index contributed by atoms with van der Waals surface area (Å²) in [5, 5.41) is 6.85. The lowest BCUT2D eigenvalue weighted by molar-refractivity contribution is 0.333. The third-order valence-electron chi connectivity index (χ3n) is 3.79. The van der Waals surface area contributed by atoms with Gasteiger partial charge >= 0.3 is 0 Å². The fourth-order valence-corrected chi connectivity index (χ4v) is 2.82. The molecule has 1 aliphatic rings. The van der Waals surface area contributed by atoms with E-state index in [0.29, 0.717) is 35.3 Å². The summed E-state index contributed by atoms with van der Waals surface area (Å²) >= 11 is 5.88. The van der Waals surface area contributed by atoms with E-state index in [1.54, 1.807) is 12.1 Å². The van der Waals surface area contributed by atoms with Crippen LogP contribution < -0.4 is 31.1 Å². The average Bonchev–Trinajstić information content (AvgIpc) is 2.57. The number of hydrogen-bond acceptors (Lipinski definition) is 6. The van der Waals surface area contributed by atoms with Crippen LogP contribution in [0, 0.1) is 0 Å². The number of nitrogens with one attached hydrogen (secondary N) is 2. The third-order valence-corrected chi connectivity index (χ3v) is 4.02. The number of ether oxygens (including phenoxy) is 1. The molecule has 1 heterocycles. The molecule has 2 N–H and O–H groups in total. The molecule has 0 spiro atoms. The standard InChI is InChI=1S/C16H18ClN3O3/c17-11-2-1-3-12(10-11)23-9-6-19-13-14(16(22)15(13)21)20-7-4-18-5-8-20/h1-3,10,18-19H,4-9H2. The molecule has 0 aromatic heterocycles. The van der Waals surface area contributed by atoms with Crippen LogP contribution in [0.5, 0.6) is 5.75 Å². The maximum absolute atomic E-state index is 11.8. The lowest BCUT2D eigenvalue weighted by Gasteiger charge is -2.31. The zero-order valence-corrected chi connectivity index (χ0v) is 13.4. The highest BCUT2D eigenvalue weighted by Crippen LogP contribution is 2.20. The summed E-state index contributed by atoms with van der Waals surface area (Å²) in [6, 6.07) is 7.13. The summed E-state index contributed by atoms with van der Waals surface area (Å²) in [6.45, 7) is 3.92. The first-order chi connectivity index (χ1) is 11.2. The van der Waals surface area contributed by atoms with Crippen LogP contribution in [-0.4, -0.2) is 39.3 Å². The Kier molecular flexibility index (Phi) is 4.83. The number of halogens is 1. The van der Waals surface area contributed by atoms with Crippen LogP contribution in [-0.2, 0) is 0 Å². The second-order valence-corrected chi connectivity index (χ2v) is 5.79. The molecule has 2 aromatic rings. The monoisotopic (exact) mass is 335 g/mol. The van der Waals surface area contributed by atoms with Crippen molar-refractivity contribution in [1.82, 2.24) is 5.32 Å². The van der Waals surface area contributed by atoms with Gasteiger partial charge < -0.3 is 20.3 Å². The highest BCUT2D eigenvalue weighted by molar-refractivity contribution is 6.30. The van der Waals surface area contributed by atoms with Crippen molar-refractivity contribution in [3.05, 3.63) is 49.7 Å². The Hall–Kier alpha value is -2.05. The van der Waals surface area contributed by atoms with Crippen LogP contribution in [0.2, 0.25) is 5.02 Å². The van der Waals surface area contributed by atoms with Crippen molar-refractivity contribution in [2.24, 2.45) is 0 Å². The van der Waals surface area contributed by atoms with Crippen molar-refractivity contribution >= 4 is 23.0 Å². The quantitative estimate of drug-likeness (QED) is 0.602. The molecule has 122 valence electrons. The Morgan fingerprint density at radius 1 is 1.22 bits per heavy atom. The average molecular weight is 336 g/mol. The molecule has 0 saturated carbocycles. The number of piperazine rings is 1. The number of nitrogens with zero attached hydrogens (tertiary/aromatic N) is 1. The van der Waals surface area contributed by atoms with E-state index in [4.69, 9.17) is 16.3 Å². The highest BCUT2D eigenvalue weighted by atomic mass is 35.5. The highest BCUT2D eigenvalue weighted by Gasteiger charge is 2.26. The van der Waals surface area contributed by atoms with E-state index in [-0.39, 0.29) is 0 Å². The molecule has 0 unspecified atom stereocenters. The lowest BCUT2D eigenvalue weighted by Crippen LogP contribution is -2.50. The minimum Gasteiger partial charge on any atom is -0.492 e. The van der Waals surface area contributed by atoms with Gasteiger partial charge in [-0.2, -0.15) is 0 Å². The van der Waals surface area contributed by atoms with Crippen LogP contribution in [0.3, 0.4) is 0 Å². The molecule has 0 aliphatic carbocycles. The Morgan fingerprint density at radius 3 is 2.74 bits per heavy atom. The molecule has 1 saturated heterocycles. The number of benzene rings is 1. The minimum absolute atomic E-state index is 0.375. The largest absolute Gasteiger partial charge is 0.492 e. The fraction of sp³-hybridized carbons (Fsp3) is 0.375. The van der Waals surface area contributed by atoms with E-state index in [2.05, 4.69) is 10.6 Å². The van der Waals surface area contributed by atoms with Crippen molar-refractivity contribution in [3.8, 4) is 5.75 Å². The van der Waals surface area contributed by atoms with Crippen LogP contribution >= 0.6 is 11.6 Å². The molecule has 2 aromatic carbocycles. The summed E-state index contributed by atoms with van der Waals surface area (Å²) in [5.41, 5.74) is 0.0808. The van der Waals surface area contributed by atoms with Crippen LogP contribution in [0.15, 0.2) is 33.9 Å². The van der Waals surface area contributed by atoms with Gasteiger partial charge in [-0.1, -0.05) is 17.7 Å². The molecule has 1 fully saturated rings. The normalized spacial score (nSPS) is 14.9. The molecule has 1 aliphatic heterocycles. The first kappa shape index (κ1) is 15.8. The van der Waals surface area contributed by atoms with Crippen LogP contribution in [0.1, 0.15) is 0 Å². The van der Waals surface area contributed by atoms with E-state index in [9.17, 15) is 9.59 Å². The fourth-order valence-electron chi connectivity index (χ4n) is 2.64. The molecule has 23 heavy (non-hydrogen) atoms. The van der Waals surface area contributed by atoms with Crippen molar-refractivity contribution < 1.29 is 4.74 Å². The van der Waals surface area contributed by atoms with Gasteiger partial charge in [0.15, 0.2) is 0 Å². The summed E-state index contributed by atoms with van der Waals surface area (Å²) in [7, 11) is 0. The van der Waals surface area contributed by atoms with Gasteiger partial charge in [-0.25, -0.2) is 0 Å². The van der Waals surface area contributed by atoms with Crippen molar-refractivity contribution in [2.45, 2.75) is 0 Å². The Bertz CT molecular complexity index is 749. The van der Waals surface area contributed by atoms with Crippen LogP contribution in [0.4, 0.5) is 11.4 Å². The zero-order chi connectivity index (χ0) is 16.2. The number of anilines is 2. The van der Waals surface area contributed by atoms with E-state index in [0.717, 1.165) is 26.2 Å². The van der Waals surface area contributed by atoms with E-state index in [1.165, 1.54) is 0 Å². The molecule has 0 bridgehead atoms. The predicted molar refractivity (Wildman–Crippen MR) is 91.9 cm³/mol. The minimum atomic E-state index is -0.443. The van der Waals surface area contributed by atoms with E-state index in [1.807, 2.05) is 17.0 Å². The third kappa shape index (κ3) is 3.48. The maximum Gasteiger partial charge on any atom is 0.253 e. The smallest absolute Gasteiger partial charge is 0.253 e. The van der Waals surface area contributed by atoms with Gasteiger partial charge in [0, 0.05) is 37.7 Å². The van der Waals surface area contributed by atoms with Gasteiger partial charge in [0.05, 0.1) is 0 Å². The van der Waals surface area contributed by atoms with Crippen LogP contribution in [0.25, 0.3) is 0 Å². The number of rotatable bonds is 6. The van der Waals surface area contributed by atoms with Crippen molar-refractivity contribution in [3.63, 3.8) is 0 Å². The first-order valence-corrected chi connectivity index (χ1v) is 7.96. The van der Waals surface area contributed by atoms with Crippen molar-refractivity contribution in [2.75, 3.05) is 49.5 Å². The second-order valence-electron chi connectivity index (χ2n) is 5.35. The van der Waals surface area contributed by atoms with E-state index >= 15 is 0 Å². The maximum atomic E-state index is 11.8. The SMILES string of the molecule is O=c1c(NCCOc2cccc(Cl)c2)c(N2CCNCC2)c1=O. The van der Waals surface area contributed by atoms with Gasteiger partial charge in [-0.3, -0.25) is 9.59 Å². The predicted octanol–water partition coefficient (Wildman–Crippen LogP) is 0.836. The molecular weight excluding hydrogens is 318 g/mol. The summed E-state index contributed by atoms with van der Waals surface area (Å²) in [6.07, 6.45) is 0. The Labute approximate surface area is 138 Å². The van der Waals surface area contributed by atoms with Gasteiger partial charge in [0.25, 0.3) is 10.9 Å². The van der Waals surface area contributed by atoms with Crippen molar-refractivity contribution in [1.29, 1.82) is 0 Å².